The Bertz CT molecular complexity index is 994. The Morgan fingerprint density at radius 1 is 0.967 bits per heavy atom. The van der Waals surface area contributed by atoms with Gasteiger partial charge in [-0.3, -0.25) is 0 Å². The first-order valence-corrected chi connectivity index (χ1v) is 8.88. The van der Waals surface area contributed by atoms with E-state index in [1.165, 1.54) is 21.3 Å². The first kappa shape index (κ1) is 20.8. The van der Waals surface area contributed by atoms with E-state index >= 15 is 0 Å². The highest BCUT2D eigenvalue weighted by Gasteiger charge is 2.16. The first-order chi connectivity index (χ1) is 14.5. The normalized spacial score (nSPS) is 13.2. The second kappa shape index (κ2) is 9.03. The van der Waals surface area contributed by atoms with Crippen LogP contribution in [0.2, 0.25) is 0 Å². The maximum atomic E-state index is 8.20. The van der Waals surface area contributed by atoms with Crippen molar-refractivity contribution in [1.29, 1.82) is 5.41 Å². The molecule has 0 unspecified atom stereocenters. The van der Waals surface area contributed by atoms with E-state index in [0.717, 1.165) is 0 Å². The molecule has 0 atom stereocenters. The molecular formula is C20H23N5O5. The number of amidine groups is 1. The molecule has 0 saturated carbocycles. The number of nitrogens with zero attached hydrogens (tertiary/aromatic N) is 2. The fourth-order valence-corrected chi connectivity index (χ4v) is 2.79. The van der Waals surface area contributed by atoms with Crippen molar-refractivity contribution in [1.82, 2.24) is 0 Å². The Kier molecular flexibility index (Phi) is 6.26. The zero-order valence-corrected chi connectivity index (χ0v) is 16.9. The average molecular weight is 413 g/mol. The third kappa shape index (κ3) is 4.37. The van der Waals surface area contributed by atoms with E-state index in [1.807, 2.05) is 0 Å². The zero-order valence-electron chi connectivity index (χ0n) is 16.9. The van der Waals surface area contributed by atoms with Gasteiger partial charge < -0.3 is 40.6 Å². The summed E-state index contributed by atoms with van der Waals surface area (Å²) in [5, 5.41) is 8.20. The van der Waals surface area contributed by atoms with Crippen LogP contribution in [0.5, 0.6) is 28.7 Å². The second-order valence-corrected chi connectivity index (χ2v) is 6.13. The number of guanidine groups is 1. The van der Waals surface area contributed by atoms with Crippen LogP contribution >= 0.6 is 0 Å². The summed E-state index contributed by atoms with van der Waals surface area (Å²) < 4.78 is 26.5. The van der Waals surface area contributed by atoms with Crippen molar-refractivity contribution >= 4 is 17.5 Å². The molecule has 158 valence electrons. The molecule has 1 aliphatic heterocycles. The third-order valence-corrected chi connectivity index (χ3v) is 4.32. The number of nitrogens with one attached hydrogen (secondary N) is 1. The number of methoxy groups -OCH3 is 3. The average Bonchev–Trinajstić information content (AvgIpc) is 3.24. The van der Waals surface area contributed by atoms with Gasteiger partial charge in [0.25, 0.3) is 0 Å². The Balaban J connectivity index is 1.76. The molecule has 0 amide bonds. The minimum Gasteiger partial charge on any atom is -0.493 e. The lowest BCUT2D eigenvalue weighted by Crippen LogP contribution is -2.21. The number of aliphatic imine (C=N–C) groups is 2. The van der Waals surface area contributed by atoms with Gasteiger partial charge >= 0.3 is 0 Å². The van der Waals surface area contributed by atoms with Crippen molar-refractivity contribution in [3.05, 3.63) is 41.5 Å². The van der Waals surface area contributed by atoms with Crippen LogP contribution in [0.1, 0.15) is 11.1 Å². The number of ether oxygens (including phenoxy) is 5. The number of fused-ring (bicyclic) bond motifs is 1. The Labute approximate surface area is 173 Å². The number of rotatable bonds is 7. The number of hydrogen-bond donors (Lipinski definition) is 3. The fraction of sp³-hybridized carbons (Fsp3) is 0.250. The maximum absolute atomic E-state index is 8.20. The van der Waals surface area contributed by atoms with E-state index in [2.05, 4.69) is 9.98 Å². The van der Waals surface area contributed by atoms with Crippen molar-refractivity contribution in [3.63, 3.8) is 0 Å². The van der Waals surface area contributed by atoms with E-state index in [0.29, 0.717) is 39.9 Å². The highest BCUT2D eigenvalue weighted by Crippen LogP contribution is 2.38. The largest absolute Gasteiger partial charge is 0.493 e. The topological polar surface area (TPSA) is 147 Å². The van der Waals surface area contributed by atoms with Gasteiger partial charge in [-0.15, -0.1) is 0 Å². The molecule has 3 rings (SSSR count). The lowest BCUT2D eigenvalue weighted by molar-refractivity contribution is 0.174. The van der Waals surface area contributed by atoms with Gasteiger partial charge in [-0.05, 0) is 30.3 Å². The van der Waals surface area contributed by atoms with Gasteiger partial charge in [0.15, 0.2) is 23.0 Å². The number of benzene rings is 2. The quantitative estimate of drug-likeness (QED) is 0.461. The molecule has 2 aromatic carbocycles. The summed E-state index contributed by atoms with van der Waals surface area (Å²) in [6, 6.07) is 8.54. The van der Waals surface area contributed by atoms with Gasteiger partial charge in [-0.1, -0.05) is 0 Å². The van der Waals surface area contributed by atoms with Crippen LogP contribution in [0.4, 0.5) is 0 Å². The number of hydrogen-bond acceptors (Lipinski definition) is 7. The van der Waals surface area contributed by atoms with Crippen LogP contribution in [-0.2, 0) is 0 Å². The SMILES string of the molecule is COc1cc(/C(N)=N/C(N)=NCC(=N)c2ccc3c(c2)OCO3)cc(OC)c1OC. The fourth-order valence-electron chi connectivity index (χ4n) is 2.79. The lowest BCUT2D eigenvalue weighted by Gasteiger charge is -2.13. The molecule has 0 fully saturated rings. The molecule has 0 saturated heterocycles. The second-order valence-electron chi connectivity index (χ2n) is 6.13. The van der Waals surface area contributed by atoms with Crippen LogP contribution < -0.4 is 35.2 Å². The molecule has 0 aromatic heterocycles. The standard InChI is InChI=1S/C20H23N5O5/c1-26-16-7-12(8-17(27-2)18(16)28-3)19(22)25-20(23)24-9-13(21)11-4-5-14-15(6-11)30-10-29-14/h4-8,21H,9-10H2,1-3H3,(H4,22,23,24,25). The highest BCUT2D eigenvalue weighted by atomic mass is 16.7. The molecule has 10 heteroatoms. The molecule has 30 heavy (non-hydrogen) atoms. The monoisotopic (exact) mass is 413 g/mol. The first-order valence-electron chi connectivity index (χ1n) is 8.88. The molecule has 10 nitrogen and oxygen atoms in total. The molecule has 0 spiro atoms. The zero-order chi connectivity index (χ0) is 21.7. The Hall–Kier alpha value is -3.95. The smallest absolute Gasteiger partial charge is 0.231 e. The summed E-state index contributed by atoms with van der Waals surface area (Å²) in [4.78, 5) is 8.23. The minimum absolute atomic E-state index is 0.0253. The van der Waals surface area contributed by atoms with Crippen molar-refractivity contribution in [2.45, 2.75) is 0 Å². The van der Waals surface area contributed by atoms with Crippen LogP contribution in [-0.4, -0.2) is 52.2 Å². The molecule has 1 aliphatic rings. The van der Waals surface area contributed by atoms with E-state index in [4.69, 9.17) is 40.6 Å². The van der Waals surface area contributed by atoms with Crippen LogP contribution in [0.25, 0.3) is 0 Å². The van der Waals surface area contributed by atoms with Gasteiger partial charge in [0, 0.05) is 11.1 Å². The Morgan fingerprint density at radius 3 is 2.27 bits per heavy atom. The van der Waals surface area contributed by atoms with Crippen molar-refractivity contribution in [2.75, 3.05) is 34.7 Å². The van der Waals surface area contributed by atoms with E-state index in [1.54, 1.807) is 30.3 Å². The van der Waals surface area contributed by atoms with Crippen molar-refractivity contribution < 1.29 is 23.7 Å². The van der Waals surface area contributed by atoms with Crippen molar-refractivity contribution in [3.8, 4) is 28.7 Å². The Morgan fingerprint density at radius 2 is 1.63 bits per heavy atom. The minimum atomic E-state index is -0.0632. The maximum Gasteiger partial charge on any atom is 0.231 e. The van der Waals surface area contributed by atoms with Gasteiger partial charge in [-0.25, -0.2) is 4.99 Å². The highest BCUT2D eigenvalue weighted by molar-refractivity contribution is 6.06. The van der Waals surface area contributed by atoms with Crippen LogP contribution in [0, 0.1) is 5.41 Å². The predicted octanol–water partition coefficient (Wildman–Crippen LogP) is 1.53. The molecule has 5 N–H and O–H groups in total. The molecule has 0 aliphatic carbocycles. The summed E-state index contributed by atoms with van der Waals surface area (Å²) in [5.74, 6) is 2.61. The summed E-state index contributed by atoms with van der Waals surface area (Å²) in [5.41, 5.74) is 13.4. The van der Waals surface area contributed by atoms with Crippen LogP contribution in [0.3, 0.4) is 0 Å². The molecule has 0 radical (unpaired) electrons. The van der Waals surface area contributed by atoms with Gasteiger partial charge in [0.05, 0.1) is 33.6 Å². The van der Waals surface area contributed by atoms with Gasteiger partial charge in [0.2, 0.25) is 18.5 Å². The summed E-state index contributed by atoms with van der Waals surface area (Å²) in [6.07, 6.45) is 0. The van der Waals surface area contributed by atoms with Gasteiger partial charge in [0.1, 0.15) is 5.84 Å². The third-order valence-electron chi connectivity index (χ3n) is 4.32. The van der Waals surface area contributed by atoms with E-state index in [-0.39, 0.29) is 30.8 Å². The van der Waals surface area contributed by atoms with Gasteiger partial charge in [-0.2, -0.15) is 4.99 Å². The number of nitrogens with two attached hydrogens (primary N) is 2. The summed E-state index contributed by atoms with van der Waals surface area (Å²) in [6.45, 7) is 0.198. The van der Waals surface area contributed by atoms with E-state index in [9.17, 15) is 0 Å². The van der Waals surface area contributed by atoms with Crippen LogP contribution in [0.15, 0.2) is 40.3 Å². The lowest BCUT2D eigenvalue weighted by atomic mass is 10.1. The summed E-state index contributed by atoms with van der Waals surface area (Å²) >= 11 is 0. The van der Waals surface area contributed by atoms with E-state index < -0.39 is 0 Å². The van der Waals surface area contributed by atoms with Crippen molar-refractivity contribution in [2.24, 2.45) is 21.5 Å². The molecular weight excluding hydrogens is 390 g/mol. The predicted molar refractivity (Wildman–Crippen MR) is 113 cm³/mol. The molecule has 2 aromatic rings. The molecule has 0 bridgehead atoms. The molecule has 1 heterocycles. The summed E-state index contributed by atoms with van der Waals surface area (Å²) in [7, 11) is 4.52.